The van der Waals surface area contributed by atoms with Crippen LogP contribution in [0.3, 0.4) is 0 Å². The molecule has 0 saturated heterocycles. The summed E-state index contributed by atoms with van der Waals surface area (Å²) in [5.74, 6) is 0.623. The number of ether oxygens (including phenoxy) is 2. The molecule has 25 heavy (non-hydrogen) atoms. The number of benzene rings is 1. The van der Waals surface area contributed by atoms with Gasteiger partial charge in [-0.15, -0.1) is 0 Å². The summed E-state index contributed by atoms with van der Waals surface area (Å²) < 4.78 is 50.1. The molecule has 1 aromatic carbocycles. The second-order valence-electron chi connectivity index (χ2n) is 5.58. The van der Waals surface area contributed by atoms with Gasteiger partial charge < -0.3 is 14.4 Å². The smallest absolute Gasteiger partial charge is 0.423 e. The van der Waals surface area contributed by atoms with Crippen LogP contribution in [0.2, 0.25) is 0 Å². The average molecular weight is 355 g/mol. The molecule has 1 aliphatic heterocycles. The third-order valence-corrected chi connectivity index (χ3v) is 3.92. The van der Waals surface area contributed by atoms with Crippen LogP contribution < -0.4 is 15.2 Å². The Balaban J connectivity index is 1.85. The molecule has 0 spiro atoms. The van der Waals surface area contributed by atoms with E-state index in [0.717, 1.165) is 17.3 Å². The zero-order valence-electron chi connectivity index (χ0n) is 13.4. The standard InChI is InChI=1S/C16H16F3N3O3/c1-24-4-5-25-12-3-2-10-8-22(9-11(10)6-12)13-7-20-21-15(23)14(13)16(17,18)19/h2-3,6-7H,4-5,8-9H2,1H3,(H,21,23). The number of fused-ring (bicyclic) bond motifs is 1. The lowest BCUT2D eigenvalue weighted by atomic mass is 10.1. The summed E-state index contributed by atoms with van der Waals surface area (Å²) in [6.07, 6.45) is -3.72. The van der Waals surface area contributed by atoms with E-state index in [9.17, 15) is 18.0 Å². The maximum Gasteiger partial charge on any atom is 0.423 e. The molecule has 0 bridgehead atoms. The third kappa shape index (κ3) is 3.60. The maximum atomic E-state index is 13.2. The van der Waals surface area contributed by atoms with Crippen molar-refractivity contribution in [3.05, 3.63) is 51.4 Å². The molecular formula is C16H16F3N3O3. The highest BCUT2D eigenvalue weighted by atomic mass is 19.4. The van der Waals surface area contributed by atoms with Crippen molar-refractivity contribution in [1.29, 1.82) is 0 Å². The van der Waals surface area contributed by atoms with Crippen molar-refractivity contribution in [2.24, 2.45) is 0 Å². The number of hydrogen-bond donors (Lipinski definition) is 1. The molecule has 0 aliphatic carbocycles. The highest BCUT2D eigenvalue weighted by Crippen LogP contribution is 2.37. The quantitative estimate of drug-likeness (QED) is 0.834. The summed E-state index contributed by atoms with van der Waals surface area (Å²) in [7, 11) is 1.57. The van der Waals surface area contributed by atoms with E-state index in [1.54, 1.807) is 19.2 Å². The minimum atomic E-state index is -4.75. The van der Waals surface area contributed by atoms with Crippen LogP contribution in [0, 0.1) is 0 Å². The Morgan fingerprint density at radius 1 is 1.24 bits per heavy atom. The Kier molecular flexibility index (Phi) is 4.67. The van der Waals surface area contributed by atoms with Gasteiger partial charge in [-0.25, -0.2) is 5.10 Å². The van der Waals surface area contributed by atoms with Gasteiger partial charge in [0.05, 0.1) is 18.5 Å². The molecule has 1 N–H and O–H groups in total. The first-order chi connectivity index (χ1) is 11.9. The van der Waals surface area contributed by atoms with Crippen molar-refractivity contribution < 1.29 is 22.6 Å². The second kappa shape index (κ2) is 6.75. The molecule has 3 rings (SSSR count). The van der Waals surface area contributed by atoms with Crippen LogP contribution in [-0.4, -0.2) is 30.5 Å². The van der Waals surface area contributed by atoms with Crippen molar-refractivity contribution in [2.45, 2.75) is 19.3 Å². The lowest BCUT2D eigenvalue weighted by Crippen LogP contribution is -2.28. The van der Waals surface area contributed by atoms with Crippen molar-refractivity contribution in [3.63, 3.8) is 0 Å². The molecule has 0 radical (unpaired) electrons. The molecule has 0 unspecified atom stereocenters. The first kappa shape index (κ1) is 17.3. The minimum Gasteiger partial charge on any atom is -0.491 e. The van der Waals surface area contributed by atoms with E-state index in [-0.39, 0.29) is 18.8 Å². The van der Waals surface area contributed by atoms with Crippen LogP contribution in [0.15, 0.2) is 29.2 Å². The molecule has 0 atom stereocenters. The summed E-state index contributed by atoms with van der Waals surface area (Å²) in [5.41, 5.74) is -0.971. The largest absolute Gasteiger partial charge is 0.491 e. The number of nitrogens with zero attached hydrogens (tertiary/aromatic N) is 2. The van der Waals surface area contributed by atoms with E-state index in [1.807, 2.05) is 11.2 Å². The Labute approximate surface area is 141 Å². The molecule has 2 heterocycles. The van der Waals surface area contributed by atoms with E-state index in [0.29, 0.717) is 19.0 Å². The second-order valence-corrected chi connectivity index (χ2v) is 5.58. The minimum absolute atomic E-state index is 0.227. The van der Waals surface area contributed by atoms with E-state index in [4.69, 9.17) is 9.47 Å². The highest BCUT2D eigenvalue weighted by molar-refractivity contribution is 5.56. The molecule has 0 saturated carbocycles. The van der Waals surface area contributed by atoms with E-state index in [1.165, 1.54) is 4.90 Å². The SMILES string of the molecule is COCCOc1ccc2c(c1)CN(c1cn[nH]c(=O)c1C(F)(F)F)C2. The van der Waals surface area contributed by atoms with Crippen molar-refractivity contribution >= 4 is 5.69 Å². The zero-order chi connectivity index (χ0) is 18.0. The summed E-state index contributed by atoms with van der Waals surface area (Å²) in [5, 5.41) is 5.36. The lowest BCUT2D eigenvalue weighted by Gasteiger charge is -2.21. The fourth-order valence-electron chi connectivity index (χ4n) is 2.78. The summed E-state index contributed by atoms with van der Waals surface area (Å²) >= 11 is 0. The van der Waals surface area contributed by atoms with Crippen LogP contribution in [0.4, 0.5) is 18.9 Å². The fourth-order valence-corrected chi connectivity index (χ4v) is 2.78. The topological polar surface area (TPSA) is 67.5 Å². The van der Waals surface area contributed by atoms with Gasteiger partial charge in [0, 0.05) is 20.2 Å². The van der Waals surface area contributed by atoms with Gasteiger partial charge in [-0.1, -0.05) is 6.07 Å². The number of anilines is 1. The maximum absolute atomic E-state index is 13.2. The molecule has 1 aromatic heterocycles. The number of nitrogens with one attached hydrogen (secondary N) is 1. The summed E-state index contributed by atoms with van der Waals surface area (Å²) in [6, 6.07) is 5.36. The predicted octanol–water partition coefficient (Wildman–Crippen LogP) is 2.33. The van der Waals surface area contributed by atoms with Crippen molar-refractivity contribution in [1.82, 2.24) is 10.2 Å². The van der Waals surface area contributed by atoms with E-state index in [2.05, 4.69) is 5.10 Å². The first-order valence-electron chi connectivity index (χ1n) is 7.53. The monoisotopic (exact) mass is 355 g/mol. The highest BCUT2D eigenvalue weighted by Gasteiger charge is 2.39. The van der Waals surface area contributed by atoms with E-state index < -0.39 is 17.3 Å². The van der Waals surface area contributed by atoms with Gasteiger partial charge >= 0.3 is 6.18 Å². The number of rotatable bonds is 5. The zero-order valence-corrected chi connectivity index (χ0v) is 13.4. The van der Waals surface area contributed by atoms with Gasteiger partial charge in [-0.3, -0.25) is 4.79 Å². The first-order valence-corrected chi connectivity index (χ1v) is 7.53. The molecule has 134 valence electrons. The molecule has 0 fully saturated rings. The number of aromatic amines is 1. The van der Waals surface area contributed by atoms with Gasteiger partial charge in [0.2, 0.25) is 0 Å². The Morgan fingerprint density at radius 3 is 2.72 bits per heavy atom. The number of hydrogen-bond acceptors (Lipinski definition) is 5. The van der Waals surface area contributed by atoms with Crippen LogP contribution in [0.5, 0.6) is 5.75 Å². The molecule has 2 aromatic rings. The molecule has 1 aliphatic rings. The summed E-state index contributed by atoms with van der Waals surface area (Å²) in [4.78, 5) is 13.1. The van der Waals surface area contributed by atoms with Gasteiger partial charge in [-0.2, -0.15) is 18.3 Å². The number of alkyl halides is 3. The molecule has 9 heteroatoms. The van der Waals surface area contributed by atoms with Crippen molar-refractivity contribution in [2.75, 3.05) is 25.2 Å². The van der Waals surface area contributed by atoms with E-state index >= 15 is 0 Å². The van der Waals surface area contributed by atoms with Crippen molar-refractivity contribution in [3.8, 4) is 5.75 Å². The Hall–Kier alpha value is -2.55. The normalized spacial score (nSPS) is 13.8. The number of methoxy groups -OCH3 is 1. The fraction of sp³-hybridized carbons (Fsp3) is 0.375. The number of halogens is 3. The Morgan fingerprint density at radius 2 is 2.00 bits per heavy atom. The van der Waals surface area contributed by atoms with Crippen LogP contribution in [0.1, 0.15) is 16.7 Å². The molecular weight excluding hydrogens is 339 g/mol. The van der Waals surface area contributed by atoms with Gasteiger partial charge in [0.25, 0.3) is 5.56 Å². The van der Waals surface area contributed by atoms with Gasteiger partial charge in [0.1, 0.15) is 17.9 Å². The van der Waals surface area contributed by atoms with Crippen LogP contribution >= 0.6 is 0 Å². The van der Waals surface area contributed by atoms with Gasteiger partial charge in [-0.05, 0) is 23.3 Å². The lowest BCUT2D eigenvalue weighted by molar-refractivity contribution is -0.138. The number of H-pyrrole nitrogens is 1. The third-order valence-electron chi connectivity index (χ3n) is 3.92. The van der Waals surface area contributed by atoms with Gasteiger partial charge in [0.15, 0.2) is 0 Å². The Bertz CT molecular complexity index is 820. The number of aromatic nitrogens is 2. The molecule has 6 nitrogen and oxygen atoms in total. The molecule has 0 amide bonds. The van der Waals surface area contributed by atoms with Crippen LogP contribution in [-0.2, 0) is 24.0 Å². The average Bonchev–Trinajstić information content (AvgIpc) is 2.97. The van der Waals surface area contributed by atoms with Crippen LogP contribution in [0.25, 0.3) is 0 Å². The predicted molar refractivity (Wildman–Crippen MR) is 83.6 cm³/mol. The summed E-state index contributed by atoms with van der Waals surface area (Å²) in [6.45, 7) is 1.33.